The first-order chi connectivity index (χ1) is 14.6. The number of benzene rings is 3. The van der Waals surface area contributed by atoms with Gasteiger partial charge in [0, 0.05) is 48.7 Å². The number of nitrogens with zero attached hydrogens (tertiary/aromatic N) is 2. The first-order valence-electron chi connectivity index (χ1n) is 10.2. The van der Waals surface area contributed by atoms with Crippen molar-refractivity contribution in [2.75, 3.05) is 36.4 Å². The molecule has 3 aromatic rings. The van der Waals surface area contributed by atoms with Crippen molar-refractivity contribution in [2.24, 2.45) is 0 Å². The molecule has 1 saturated heterocycles. The molecular formula is C25H25N3O2. The minimum Gasteiger partial charge on any atom is -0.368 e. The lowest BCUT2D eigenvalue weighted by molar-refractivity contribution is 0.0746. The van der Waals surface area contributed by atoms with Gasteiger partial charge in [0.15, 0.2) is 0 Å². The van der Waals surface area contributed by atoms with E-state index in [0.717, 1.165) is 35.6 Å². The molecule has 0 spiro atoms. The zero-order valence-corrected chi connectivity index (χ0v) is 17.0. The number of hydrogen-bond acceptors (Lipinski definition) is 3. The average molecular weight is 399 g/mol. The van der Waals surface area contributed by atoms with Gasteiger partial charge in [0.2, 0.25) is 0 Å². The van der Waals surface area contributed by atoms with Crippen LogP contribution in [0.15, 0.2) is 78.9 Å². The molecule has 3 aromatic carbocycles. The number of anilines is 2. The summed E-state index contributed by atoms with van der Waals surface area (Å²) in [6.07, 6.45) is 0. The van der Waals surface area contributed by atoms with E-state index in [-0.39, 0.29) is 11.8 Å². The average Bonchev–Trinajstić information content (AvgIpc) is 2.80. The summed E-state index contributed by atoms with van der Waals surface area (Å²) in [5, 5.41) is 2.96. The number of carbonyl (C=O) groups excluding carboxylic acids is 2. The van der Waals surface area contributed by atoms with E-state index in [2.05, 4.69) is 10.2 Å². The van der Waals surface area contributed by atoms with E-state index in [1.54, 1.807) is 0 Å². The van der Waals surface area contributed by atoms with Gasteiger partial charge >= 0.3 is 0 Å². The van der Waals surface area contributed by atoms with Gasteiger partial charge in [-0.3, -0.25) is 9.59 Å². The molecule has 0 aliphatic carbocycles. The number of carbonyl (C=O) groups is 2. The minimum atomic E-state index is -0.103. The number of piperazine rings is 1. The summed E-state index contributed by atoms with van der Waals surface area (Å²) in [6.45, 7) is 4.89. The van der Waals surface area contributed by atoms with Crippen LogP contribution < -0.4 is 10.2 Å². The maximum absolute atomic E-state index is 12.6. The Morgan fingerprint density at radius 1 is 0.767 bits per heavy atom. The Bertz CT molecular complexity index is 1020. The van der Waals surface area contributed by atoms with Crippen LogP contribution in [0.1, 0.15) is 26.3 Å². The van der Waals surface area contributed by atoms with Gasteiger partial charge in [0.25, 0.3) is 11.8 Å². The summed E-state index contributed by atoms with van der Waals surface area (Å²) >= 11 is 0. The SMILES string of the molecule is Cc1ccccc1C(=O)Nc1ccc(N2CCN(C(=O)c3ccccc3)CC2)cc1. The van der Waals surface area contributed by atoms with Crippen molar-refractivity contribution < 1.29 is 9.59 Å². The molecule has 30 heavy (non-hydrogen) atoms. The summed E-state index contributed by atoms with van der Waals surface area (Å²) in [5.74, 6) is -0.0154. The molecule has 1 N–H and O–H groups in total. The molecular weight excluding hydrogens is 374 g/mol. The van der Waals surface area contributed by atoms with Crippen LogP contribution in [0.3, 0.4) is 0 Å². The predicted molar refractivity (Wildman–Crippen MR) is 120 cm³/mol. The van der Waals surface area contributed by atoms with Crippen molar-refractivity contribution in [2.45, 2.75) is 6.92 Å². The smallest absolute Gasteiger partial charge is 0.255 e. The molecule has 0 bridgehead atoms. The third kappa shape index (κ3) is 4.35. The van der Waals surface area contributed by atoms with E-state index < -0.39 is 0 Å². The first-order valence-corrected chi connectivity index (χ1v) is 10.2. The van der Waals surface area contributed by atoms with Crippen molar-refractivity contribution >= 4 is 23.2 Å². The van der Waals surface area contributed by atoms with Gasteiger partial charge in [-0.05, 0) is 55.0 Å². The largest absolute Gasteiger partial charge is 0.368 e. The van der Waals surface area contributed by atoms with Gasteiger partial charge in [0.05, 0.1) is 0 Å². The standard InChI is InChI=1S/C25H25N3O2/c1-19-7-5-6-10-23(19)24(29)26-21-11-13-22(14-12-21)27-15-17-28(18-16-27)25(30)20-8-3-2-4-9-20/h2-14H,15-18H2,1H3,(H,26,29). The Kier molecular flexibility index (Phi) is 5.80. The highest BCUT2D eigenvalue weighted by molar-refractivity contribution is 6.05. The lowest BCUT2D eigenvalue weighted by Gasteiger charge is -2.36. The summed E-state index contributed by atoms with van der Waals surface area (Å²) < 4.78 is 0. The second-order valence-electron chi connectivity index (χ2n) is 7.46. The van der Waals surface area contributed by atoms with Gasteiger partial charge in [-0.15, -0.1) is 0 Å². The fourth-order valence-electron chi connectivity index (χ4n) is 3.71. The number of aryl methyl sites for hydroxylation is 1. The molecule has 0 atom stereocenters. The fourth-order valence-corrected chi connectivity index (χ4v) is 3.71. The molecule has 0 radical (unpaired) electrons. The van der Waals surface area contributed by atoms with Crippen LogP contribution in [0.25, 0.3) is 0 Å². The minimum absolute atomic E-state index is 0.0875. The molecule has 5 heteroatoms. The lowest BCUT2D eigenvalue weighted by atomic mass is 10.1. The zero-order chi connectivity index (χ0) is 20.9. The molecule has 0 unspecified atom stereocenters. The zero-order valence-electron chi connectivity index (χ0n) is 17.0. The summed E-state index contributed by atoms with van der Waals surface area (Å²) in [6, 6.07) is 24.9. The summed E-state index contributed by atoms with van der Waals surface area (Å²) in [5.41, 5.74) is 4.23. The van der Waals surface area contributed by atoms with E-state index in [0.29, 0.717) is 18.7 Å². The Morgan fingerprint density at radius 3 is 2.07 bits per heavy atom. The van der Waals surface area contributed by atoms with E-state index >= 15 is 0 Å². The highest BCUT2D eigenvalue weighted by atomic mass is 16.2. The molecule has 2 amide bonds. The van der Waals surface area contributed by atoms with Gasteiger partial charge in [0.1, 0.15) is 0 Å². The molecule has 5 nitrogen and oxygen atoms in total. The van der Waals surface area contributed by atoms with Crippen LogP contribution in [0.5, 0.6) is 0 Å². The first kappa shape index (κ1) is 19.7. The molecule has 1 fully saturated rings. The maximum Gasteiger partial charge on any atom is 0.255 e. The topological polar surface area (TPSA) is 52.7 Å². The van der Waals surface area contributed by atoms with Crippen LogP contribution in [0, 0.1) is 6.92 Å². The maximum atomic E-state index is 12.6. The van der Waals surface area contributed by atoms with E-state index in [9.17, 15) is 9.59 Å². The van der Waals surface area contributed by atoms with Crippen molar-refractivity contribution in [1.82, 2.24) is 4.90 Å². The van der Waals surface area contributed by atoms with E-state index in [1.807, 2.05) is 90.7 Å². The monoisotopic (exact) mass is 399 g/mol. The van der Waals surface area contributed by atoms with Crippen molar-refractivity contribution in [3.8, 4) is 0 Å². The van der Waals surface area contributed by atoms with Crippen molar-refractivity contribution in [1.29, 1.82) is 0 Å². The second kappa shape index (κ2) is 8.82. The highest BCUT2D eigenvalue weighted by Crippen LogP contribution is 2.21. The highest BCUT2D eigenvalue weighted by Gasteiger charge is 2.22. The van der Waals surface area contributed by atoms with Gasteiger partial charge in [-0.25, -0.2) is 0 Å². The van der Waals surface area contributed by atoms with E-state index in [4.69, 9.17) is 0 Å². The Balaban J connectivity index is 1.34. The second-order valence-corrected chi connectivity index (χ2v) is 7.46. The Hall–Kier alpha value is -3.60. The van der Waals surface area contributed by atoms with Crippen LogP contribution in [0.2, 0.25) is 0 Å². The molecule has 0 aromatic heterocycles. The van der Waals surface area contributed by atoms with Crippen LogP contribution >= 0.6 is 0 Å². The van der Waals surface area contributed by atoms with Crippen LogP contribution in [-0.4, -0.2) is 42.9 Å². The Labute approximate surface area is 176 Å². The molecule has 1 aliphatic heterocycles. The van der Waals surface area contributed by atoms with E-state index in [1.165, 1.54) is 0 Å². The number of amides is 2. The third-order valence-corrected chi connectivity index (χ3v) is 5.47. The third-order valence-electron chi connectivity index (χ3n) is 5.47. The van der Waals surface area contributed by atoms with Gasteiger partial charge < -0.3 is 15.1 Å². The number of nitrogens with one attached hydrogen (secondary N) is 1. The van der Waals surface area contributed by atoms with Crippen molar-refractivity contribution in [3.63, 3.8) is 0 Å². The Morgan fingerprint density at radius 2 is 1.40 bits per heavy atom. The molecule has 4 rings (SSSR count). The molecule has 0 saturated carbocycles. The summed E-state index contributed by atoms with van der Waals surface area (Å²) in [7, 11) is 0. The molecule has 1 heterocycles. The van der Waals surface area contributed by atoms with Crippen molar-refractivity contribution in [3.05, 3.63) is 95.6 Å². The van der Waals surface area contributed by atoms with Crippen LogP contribution in [0.4, 0.5) is 11.4 Å². The lowest BCUT2D eigenvalue weighted by Crippen LogP contribution is -2.48. The summed E-state index contributed by atoms with van der Waals surface area (Å²) in [4.78, 5) is 29.2. The molecule has 152 valence electrons. The normalized spacial score (nSPS) is 13.8. The fraction of sp³-hybridized carbons (Fsp3) is 0.200. The predicted octanol–water partition coefficient (Wildman–Crippen LogP) is 4.21. The molecule has 1 aliphatic rings. The van der Waals surface area contributed by atoms with Gasteiger partial charge in [-0.2, -0.15) is 0 Å². The number of rotatable bonds is 4. The number of hydrogen-bond donors (Lipinski definition) is 1. The quantitative estimate of drug-likeness (QED) is 0.715. The van der Waals surface area contributed by atoms with Crippen LogP contribution in [-0.2, 0) is 0 Å². The van der Waals surface area contributed by atoms with Gasteiger partial charge in [-0.1, -0.05) is 36.4 Å².